The van der Waals surface area contributed by atoms with Crippen molar-refractivity contribution in [3.63, 3.8) is 0 Å². The molecule has 3 heterocycles. The molecule has 3 N–H and O–H groups in total. The molecule has 1 fully saturated rings. The Kier molecular flexibility index (Phi) is 5.84. The lowest BCUT2D eigenvalue weighted by Gasteiger charge is -2.13. The number of thiocarbonyl (C=S) groups is 1. The van der Waals surface area contributed by atoms with Crippen molar-refractivity contribution in [1.29, 1.82) is 0 Å². The van der Waals surface area contributed by atoms with Gasteiger partial charge in [-0.05, 0) is 53.5 Å². The van der Waals surface area contributed by atoms with Crippen LogP contribution in [-0.2, 0) is 11.2 Å². The molecule has 0 radical (unpaired) electrons. The molecule has 2 aromatic heterocycles. The van der Waals surface area contributed by atoms with E-state index in [-0.39, 0.29) is 5.91 Å². The number of carbonyl (C=O) groups excluding carboxylic acids is 1. The van der Waals surface area contributed by atoms with E-state index in [0.717, 1.165) is 27.6 Å². The van der Waals surface area contributed by atoms with Crippen LogP contribution in [0, 0.1) is 0 Å². The number of amides is 1. The van der Waals surface area contributed by atoms with Gasteiger partial charge in [0, 0.05) is 30.2 Å². The molecule has 33 heavy (non-hydrogen) atoms. The number of fused-ring (bicyclic) bond motifs is 1. The second kappa shape index (κ2) is 9.08. The van der Waals surface area contributed by atoms with Gasteiger partial charge in [-0.25, -0.2) is 0 Å². The number of carbonyl (C=O) groups is 1. The van der Waals surface area contributed by atoms with E-state index >= 15 is 0 Å². The van der Waals surface area contributed by atoms with E-state index in [1.807, 2.05) is 42.5 Å². The fraction of sp³-hybridized carbons (Fsp3) is 0.130. The first-order valence-corrected chi connectivity index (χ1v) is 11.5. The molecule has 0 saturated carbocycles. The van der Waals surface area contributed by atoms with E-state index in [9.17, 15) is 4.79 Å². The number of anilines is 1. The number of aryl methyl sites for hydroxylation is 1. The number of hydrogen-bond donors (Lipinski definition) is 2. The summed E-state index contributed by atoms with van der Waals surface area (Å²) >= 11 is 6.77. The fourth-order valence-electron chi connectivity index (χ4n) is 3.68. The first-order valence-electron chi connectivity index (χ1n) is 10.3. The number of aromatic nitrogens is 5. The first kappa shape index (κ1) is 21.2. The first-order chi connectivity index (χ1) is 16.1. The van der Waals surface area contributed by atoms with Gasteiger partial charge in [0.1, 0.15) is 4.32 Å². The summed E-state index contributed by atoms with van der Waals surface area (Å²) < 4.78 is 0.563. The number of pyridine rings is 1. The Morgan fingerprint density at radius 3 is 2.88 bits per heavy atom. The van der Waals surface area contributed by atoms with Crippen LogP contribution in [0.2, 0.25) is 0 Å². The maximum atomic E-state index is 12.9. The minimum atomic E-state index is -0.0759. The average Bonchev–Trinajstić information content (AvgIpc) is 3.43. The van der Waals surface area contributed by atoms with E-state index in [2.05, 4.69) is 31.7 Å². The molecule has 0 spiro atoms. The summed E-state index contributed by atoms with van der Waals surface area (Å²) in [6.07, 6.45) is 4.92. The number of rotatable bonds is 6. The molecule has 2 aromatic carbocycles. The number of H-pyrrole nitrogens is 1. The van der Waals surface area contributed by atoms with Crippen LogP contribution < -0.4 is 5.73 Å². The van der Waals surface area contributed by atoms with Crippen molar-refractivity contribution >= 4 is 56.9 Å². The highest BCUT2D eigenvalue weighted by atomic mass is 32.2. The highest BCUT2D eigenvalue weighted by molar-refractivity contribution is 8.26. The van der Waals surface area contributed by atoms with Gasteiger partial charge in [0.2, 0.25) is 0 Å². The zero-order chi connectivity index (χ0) is 22.8. The summed E-state index contributed by atoms with van der Waals surface area (Å²) in [4.78, 5) is 19.5. The molecule has 0 bridgehead atoms. The van der Waals surface area contributed by atoms with Crippen LogP contribution in [0.15, 0.2) is 59.6 Å². The molecule has 1 amide bonds. The van der Waals surface area contributed by atoms with Crippen LogP contribution in [0.5, 0.6) is 0 Å². The Morgan fingerprint density at radius 2 is 2.03 bits per heavy atom. The Hall–Kier alpha value is -3.63. The van der Waals surface area contributed by atoms with Gasteiger partial charge < -0.3 is 5.73 Å². The van der Waals surface area contributed by atoms with Crippen LogP contribution >= 0.6 is 24.0 Å². The molecule has 4 aromatic rings. The van der Waals surface area contributed by atoms with Crippen LogP contribution in [0.25, 0.3) is 28.1 Å². The van der Waals surface area contributed by atoms with E-state index in [1.165, 1.54) is 11.8 Å². The SMILES string of the molecule is Nc1ccnc2ccc(-c3cccc(C=C4SC(=S)N(CCCc5nn[nH]n5)C4=O)c3)cc12. The molecular formula is C23H19N7OS2. The molecule has 8 nitrogen and oxygen atoms in total. The number of nitrogens with one attached hydrogen (secondary N) is 1. The van der Waals surface area contributed by atoms with E-state index in [0.29, 0.717) is 40.1 Å². The fourth-order valence-corrected chi connectivity index (χ4v) is 4.99. The summed E-state index contributed by atoms with van der Waals surface area (Å²) in [6, 6.07) is 15.9. The third-order valence-corrected chi connectivity index (χ3v) is 6.72. The standard InChI is InChI=1S/C23H19N7OS2/c24-18-8-9-25-19-7-6-16(13-17(18)19)15-4-1-3-14(11-15)12-20-22(31)30(23(32)33-20)10-2-5-21-26-28-29-27-21/h1,3-4,6-9,11-13H,2,5,10H2,(H2,24,25)(H,26,27,28,29). The van der Waals surface area contributed by atoms with Crippen LogP contribution in [0.4, 0.5) is 5.69 Å². The highest BCUT2D eigenvalue weighted by Crippen LogP contribution is 2.34. The number of hydrogen-bond acceptors (Lipinski definition) is 8. The second-order valence-corrected chi connectivity index (χ2v) is 9.20. The largest absolute Gasteiger partial charge is 0.398 e. The normalized spacial score (nSPS) is 15.2. The number of benzene rings is 2. The molecule has 10 heteroatoms. The summed E-state index contributed by atoms with van der Waals surface area (Å²) in [7, 11) is 0. The molecule has 0 atom stereocenters. The molecule has 5 rings (SSSR count). The zero-order valence-corrected chi connectivity index (χ0v) is 19.1. The maximum absolute atomic E-state index is 12.9. The number of nitrogens with zero attached hydrogens (tertiary/aromatic N) is 5. The third kappa shape index (κ3) is 4.48. The van der Waals surface area contributed by atoms with Gasteiger partial charge in [-0.15, -0.1) is 10.2 Å². The lowest BCUT2D eigenvalue weighted by molar-refractivity contribution is -0.122. The average molecular weight is 474 g/mol. The van der Waals surface area contributed by atoms with Gasteiger partial charge in [0.25, 0.3) is 5.91 Å². The number of thioether (sulfide) groups is 1. The molecule has 0 aliphatic carbocycles. The monoisotopic (exact) mass is 473 g/mol. The molecule has 1 aliphatic rings. The van der Waals surface area contributed by atoms with Gasteiger partial charge in [0.05, 0.1) is 10.4 Å². The lowest BCUT2D eigenvalue weighted by Crippen LogP contribution is -2.29. The number of tetrazole rings is 1. The van der Waals surface area contributed by atoms with Gasteiger partial charge in [0.15, 0.2) is 5.82 Å². The zero-order valence-electron chi connectivity index (χ0n) is 17.4. The maximum Gasteiger partial charge on any atom is 0.266 e. The van der Waals surface area contributed by atoms with Crippen LogP contribution in [0.3, 0.4) is 0 Å². The van der Waals surface area contributed by atoms with Gasteiger partial charge in [-0.3, -0.25) is 14.7 Å². The Balaban J connectivity index is 1.34. The predicted molar refractivity (Wildman–Crippen MR) is 134 cm³/mol. The van der Waals surface area contributed by atoms with E-state index < -0.39 is 0 Å². The Bertz CT molecular complexity index is 1380. The smallest absolute Gasteiger partial charge is 0.266 e. The van der Waals surface area contributed by atoms with Crippen molar-refractivity contribution in [2.75, 3.05) is 12.3 Å². The second-order valence-electron chi connectivity index (χ2n) is 7.52. The van der Waals surface area contributed by atoms with Crippen LogP contribution in [-0.4, -0.2) is 47.3 Å². The number of nitrogens with two attached hydrogens (primary N) is 1. The summed E-state index contributed by atoms with van der Waals surface area (Å²) in [5.74, 6) is 0.548. The summed E-state index contributed by atoms with van der Waals surface area (Å²) in [5.41, 5.74) is 10.7. The quantitative estimate of drug-likeness (QED) is 0.321. The van der Waals surface area contributed by atoms with Crippen molar-refractivity contribution in [2.45, 2.75) is 12.8 Å². The molecule has 1 aliphatic heterocycles. The third-order valence-electron chi connectivity index (χ3n) is 5.34. The lowest BCUT2D eigenvalue weighted by atomic mass is 10.0. The minimum Gasteiger partial charge on any atom is -0.398 e. The summed E-state index contributed by atoms with van der Waals surface area (Å²) in [5, 5.41) is 14.8. The van der Waals surface area contributed by atoms with Crippen molar-refractivity contribution < 1.29 is 4.79 Å². The van der Waals surface area contributed by atoms with Crippen molar-refractivity contribution in [1.82, 2.24) is 30.5 Å². The summed E-state index contributed by atoms with van der Waals surface area (Å²) in [6.45, 7) is 0.517. The number of aromatic amines is 1. The van der Waals surface area contributed by atoms with Gasteiger partial charge in [-0.1, -0.05) is 53.5 Å². The molecule has 164 valence electrons. The topological polar surface area (TPSA) is 114 Å². The Morgan fingerprint density at radius 1 is 1.15 bits per heavy atom. The van der Waals surface area contributed by atoms with Crippen molar-refractivity contribution in [3.8, 4) is 11.1 Å². The molecule has 0 unspecified atom stereocenters. The minimum absolute atomic E-state index is 0.0759. The highest BCUT2D eigenvalue weighted by Gasteiger charge is 2.31. The van der Waals surface area contributed by atoms with Crippen LogP contribution in [0.1, 0.15) is 17.8 Å². The van der Waals surface area contributed by atoms with E-state index in [1.54, 1.807) is 17.2 Å². The molecule has 1 saturated heterocycles. The molecular weight excluding hydrogens is 454 g/mol. The number of nitrogen functional groups attached to an aromatic ring is 1. The van der Waals surface area contributed by atoms with Crippen molar-refractivity contribution in [2.24, 2.45) is 0 Å². The Labute approximate surface area is 199 Å². The van der Waals surface area contributed by atoms with Crippen molar-refractivity contribution in [3.05, 3.63) is 71.0 Å². The van der Waals surface area contributed by atoms with E-state index in [4.69, 9.17) is 18.0 Å². The van der Waals surface area contributed by atoms with Gasteiger partial charge >= 0.3 is 0 Å². The van der Waals surface area contributed by atoms with Gasteiger partial charge in [-0.2, -0.15) is 5.21 Å². The predicted octanol–water partition coefficient (Wildman–Crippen LogP) is 3.83.